The number of hydrogen-bond donors (Lipinski definition) is 0. The Morgan fingerprint density at radius 1 is 0.481 bits per heavy atom. The van der Waals surface area contributed by atoms with Crippen LogP contribution in [0.2, 0.25) is 0 Å². The number of ether oxygens (including phenoxy) is 6. The van der Waals surface area contributed by atoms with Crippen LogP contribution in [-0.4, -0.2) is 38.4 Å². The topological polar surface area (TPSA) is 89.5 Å². The van der Waals surface area contributed by atoms with Crippen LogP contribution in [0.4, 0.5) is 0 Å². The summed E-state index contributed by atoms with van der Waals surface area (Å²) in [6.45, 7) is 4.52. The van der Waals surface area contributed by atoms with E-state index in [0.29, 0.717) is 54.5 Å². The zero-order valence-corrected chi connectivity index (χ0v) is 30.4. The maximum atomic E-state index is 12.5. The van der Waals surface area contributed by atoms with Gasteiger partial charge in [0.05, 0.1) is 37.6 Å². The van der Waals surface area contributed by atoms with E-state index in [2.05, 4.69) is 0 Å². The summed E-state index contributed by atoms with van der Waals surface area (Å²) in [4.78, 5) is 25.0. The largest absolute Gasteiger partial charge is 0.493 e. The summed E-state index contributed by atoms with van der Waals surface area (Å²) in [6.07, 6.45) is 3.91. The van der Waals surface area contributed by atoms with Crippen LogP contribution in [-0.2, 0) is 19.1 Å². The smallest absolute Gasteiger partial charge is 0.336 e. The van der Waals surface area contributed by atoms with Crippen LogP contribution in [0.1, 0.15) is 26.7 Å². The van der Waals surface area contributed by atoms with Crippen molar-refractivity contribution in [2.75, 3.05) is 26.4 Å². The van der Waals surface area contributed by atoms with Gasteiger partial charge in [-0.05, 0) is 60.5 Å². The van der Waals surface area contributed by atoms with E-state index in [4.69, 9.17) is 28.4 Å². The second-order valence-corrected chi connectivity index (χ2v) is 12.5. The minimum atomic E-state index is -0.440. The lowest BCUT2D eigenvalue weighted by Crippen LogP contribution is -2.10. The molecule has 0 aliphatic carbocycles. The van der Waals surface area contributed by atoms with E-state index in [0.717, 1.165) is 38.4 Å². The number of hydrogen-bond acceptors (Lipinski definition) is 8. The van der Waals surface area contributed by atoms with Crippen LogP contribution in [0.3, 0.4) is 0 Å². The molecule has 0 amide bonds. The number of benzene rings is 6. The van der Waals surface area contributed by atoms with Crippen molar-refractivity contribution in [2.45, 2.75) is 26.7 Å². The lowest BCUT2D eigenvalue weighted by atomic mass is 10.0. The fourth-order valence-electron chi connectivity index (χ4n) is 5.61. The van der Waals surface area contributed by atoms with E-state index < -0.39 is 11.9 Å². The number of carbonyl (C=O) groups excluding carboxylic acids is 2. The third-order valence-corrected chi connectivity index (χ3v) is 8.49. The third kappa shape index (κ3) is 10.1. The first-order valence-electron chi connectivity index (χ1n) is 17.9. The number of fused-ring (bicyclic) bond motifs is 2. The molecule has 6 rings (SSSR count). The standard InChI is InChI=1S/C46H42O8/c1-33(31-53-43-21-9-15-35-13-3-5-17-39(35)43)45(47)51-29-11-27-49-38-25-23-37(24-26-38)41-19-7-8-20-42(41)50-28-12-30-52-46(48)34(2)32-54-44-22-10-16-36-14-4-6-18-40(36)44/h3-10,13-26,31-32H,11-12,27-30H2,1-2H3. The number of carbonyl (C=O) groups is 2. The van der Waals surface area contributed by atoms with Crippen LogP contribution in [0.5, 0.6) is 23.0 Å². The van der Waals surface area contributed by atoms with E-state index >= 15 is 0 Å². The minimum absolute atomic E-state index is 0.211. The van der Waals surface area contributed by atoms with Gasteiger partial charge < -0.3 is 28.4 Å². The highest BCUT2D eigenvalue weighted by molar-refractivity contribution is 5.90. The van der Waals surface area contributed by atoms with Crippen molar-refractivity contribution in [3.63, 3.8) is 0 Å². The second-order valence-electron chi connectivity index (χ2n) is 12.5. The van der Waals surface area contributed by atoms with Gasteiger partial charge in [0.1, 0.15) is 35.5 Å². The predicted octanol–water partition coefficient (Wildman–Crippen LogP) is 10.2. The summed E-state index contributed by atoms with van der Waals surface area (Å²) in [5, 5.41) is 4.06. The Hall–Kier alpha value is -6.54. The lowest BCUT2D eigenvalue weighted by Gasteiger charge is -2.13. The molecular weight excluding hydrogens is 680 g/mol. The van der Waals surface area contributed by atoms with Crippen molar-refractivity contribution in [3.8, 4) is 34.1 Å². The first kappa shape index (κ1) is 37.2. The molecule has 0 bridgehead atoms. The fraction of sp³-hybridized carbons (Fsp3) is 0.174. The van der Waals surface area contributed by atoms with Gasteiger partial charge in [-0.1, -0.05) is 103 Å². The molecule has 0 heterocycles. The molecule has 0 saturated carbocycles. The molecule has 0 aromatic heterocycles. The van der Waals surface area contributed by atoms with Crippen molar-refractivity contribution in [1.82, 2.24) is 0 Å². The number of para-hydroxylation sites is 1. The molecule has 6 aromatic rings. The molecule has 0 unspecified atom stereocenters. The summed E-state index contributed by atoms with van der Waals surface area (Å²) < 4.78 is 34.4. The van der Waals surface area contributed by atoms with Crippen molar-refractivity contribution >= 4 is 33.5 Å². The Morgan fingerprint density at radius 3 is 1.52 bits per heavy atom. The number of rotatable bonds is 17. The molecular formula is C46H42O8. The summed E-state index contributed by atoms with van der Waals surface area (Å²) >= 11 is 0. The van der Waals surface area contributed by atoms with Gasteiger partial charge in [-0.15, -0.1) is 0 Å². The van der Waals surface area contributed by atoms with E-state index in [1.54, 1.807) is 13.8 Å². The van der Waals surface area contributed by atoms with Crippen LogP contribution in [0.25, 0.3) is 32.7 Å². The molecule has 8 heteroatoms. The summed E-state index contributed by atoms with van der Waals surface area (Å²) in [5.74, 6) is 1.91. The van der Waals surface area contributed by atoms with Gasteiger partial charge in [0.25, 0.3) is 0 Å². The lowest BCUT2D eigenvalue weighted by molar-refractivity contribution is -0.140. The maximum absolute atomic E-state index is 12.5. The molecule has 0 spiro atoms. The summed E-state index contributed by atoms with van der Waals surface area (Å²) in [6, 6.07) is 42.9. The van der Waals surface area contributed by atoms with E-state index in [-0.39, 0.29) is 13.2 Å². The monoisotopic (exact) mass is 722 g/mol. The van der Waals surface area contributed by atoms with E-state index in [1.807, 2.05) is 133 Å². The minimum Gasteiger partial charge on any atom is -0.493 e. The molecule has 0 aliphatic heterocycles. The molecule has 0 atom stereocenters. The van der Waals surface area contributed by atoms with Crippen molar-refractivity contribution < 1.29 is 38.0 Å². The normalized spacial score (nSPS) is 11.6. The van der Waals surface area contributed by atoms with Gasteiger partial charge in [0.15, 0.2) is 0 Å². The van der Waals surface area contributed by atoms with Crippen LogP contribution < -0.4 is 18.9 Å². The Balaban J connectivity index is 0.892. The molecule has 0 radical (unpaired) electrons. The average molecular weight is 723 g/mol. The van der Waals surface area contributed by atoms with Crippen molar-refractivity contribution in [2.24, 2.45) is 0 Å². The van der Waals surface area contributed by atoms with Crippen molar-refractivity contribution in [3.05, 3.63) is 157 Å². The van der Waals surface area contributed by atoms with Gasteiger partial charge in [-0.2, -0.15) is 0 Å². The molecule has 8 nitrogen and oxygen atoms in total. The SMILES string of the molecule is CC(=COc1cccc2ccccc12)C(=O)OCCCOc1ccc(-c2ccccc2OCCCOC(=O)C(C)=COc2cccc3ccccc23)cc1. The molecule has 54 heavy (non-hydrogen) atoms. The van der Waals surface area contributed by atoms with Gasteiger partial charge in [-0.25, -0.2) is 9.59 Å². The predicted molar refractivity (Wildman–Crippen MR) is 211 cm³/mol. The molecule has 6 aromatic carbocycles. The molecule has 0 aliphatic rings. The Bertz CT molecular complexity index is 2240. The number of esters is 2. The Labute approximate surface area is 315 Å². The van der Waals surface area contributed by atoms with Crippen molar-refractivity contribution in [1.29, 1.82) is 0 Å². The highest BCUT2D eigenvalue weighted by atomic mass is 16.5. The first-order chi connectivity index (χ1) is 26.5. The van der Waals surface area contributed by atoms with Crippen LogP contribution in [0.15, 0.2) is 157 Å². The van der Waals surface area contributed by atoms with Crippen LogP contribution in [0, 0.1) is 0 Å². The molecule has 274 valence electrons. The summed E-state index contributed by atoms with van der Waals surface area (Å²) in [5.41, 5.74) is 2.64. The molecule has 0 fully saturated rings. The Kier molecular flexibility index (Phi) is 13.0. The summed E-state index contributed by atoms with van der Waals surface area (Å²) in [7, 11) is 0. The highest BCUT2D eigenvalue weighted by Gasteiger charge is 2.11. The zero-order chi connectivity index (χ0) is 37.5. The van der Waals surface area contributed by atoms with Gasteiger partial charge >= 0.3 is 11.9 Å². The van der Waals surface area contributed by atoms with Gasteiger partial charge in [0.2, 0.25) is 0 Å². The van der Waals surface area contributed by atoms with E-state index in [1.165, 1.54) is 12.5 Å². The third-order valence-electron chi connectivity index (χ3n) is 8.49. The quantitative estimate of drug-likeness (QED) is 0.0398. The highest BCUT2D eigenvalue weighted by Crippen LogP contribution is 2.31. The van der Waals surface area contributed by atoms with Crippen LogP contribution >= 0.6 is 0 Å². The van der Waals surface area contributed by atoms with Gasteiger partial charge in [0, 0.05) is 29.2 Å². The fourth-order valence-corrected chi connectivity index (χ4v) is 5.61. The molecule has 0 N–H and O–H groups in total. The maximum Gasteiger partial charge on any atom is 0.336 e. The zero-order valence-electron chi connectivity index (χ0n) is 30.4. The van der Waals surface area contributed by atoms with Gasteiger partial charge in [-0.3, -0.25) is 0 Å². The molecule has 0 saturated heterocycles. The first-order valence-corrected chi connectivity index (χ1v) is 17.9. The average Bonchev–Trinajstić information content (AvgIpc) is 3.21. The Morgan fingerprint density at radius 2 is 0.944 bits per heavy atom. The van der Waals surface area contributed by atoms with E-state index in [9.17, 15) is 9.59 Å². The second kappa shape index (κ2) is 18.8.